The van der Waals surface area contributed by atoms with Gasteiger partial charge in [-0.05, 0) is 12.4 Å². The van der Waals surface area contributed by atoms with Crippen LogP contribution >= 0.6 is 0 Å². The molecule has 0 spiro atoms. The lowest BCUT2D eigenvalue weighted by molar-refractivity contribution is -0.381. The number of urea groups is 1. The van der Waals surface area contributed by atoms with Crippen molar-refractivity contribution in [1.29, 1.82) is 0 Å². The molecule has 0 aromatic carbocycles. The minimum Gasteiger partial charge on any atom is -0.364 e. The van der Waals surface area contributed by atoms with Crippen LogP contribution in [0.25, 0.3) is 0 Å². The summed E-state index contributed by atoms with van der Waals surface area (Å²) in [5, 5.41) is 5.14. The Bertz CT molecular complexity index is 171. The lowest BCUT2D eigenvalue weighted by Gasteiger charge is -1.80. The summed E-state index contributed by atoms with van der Waals surface area (Å²) in [6, 6.07) is -0.0463. The normalized spacial score (nSPS) is 14.4. The van der Waals surface area contributed by atoms with Crippen molar-refractivity contribution in [1.82, 2.24) is 15.6 Å². The third kappa shape index (κ3) is 3.24. The average molecular weight is 154 g/mol. The monoisotopic (exact) mass is 154 g/mol. The number of carbonyl (C=O) groups is 1. The van der Waals surface area contributed by atoms with Crippen molar-refractivity contribution in [2.24, 2.45) is 0 Å². The van der Waals surface area contributed by atoms with Crippen LogP contribution in [0, 0.1) is 6.33 Å². The minimum atomic E-state index is -0.0463. The highest BCUT2D eigenvalue weighted by Crippen LogP contribution is 1.69. The molecule has 1 saturated heterocycles. The first-order valence-electron chi connectivity index (χ1n) is 3.32. The fraction of sp³-hybridized carbons (Fsp3) is 0.333. The van der Waals surface area contributed by atoms with Crippen LogP contribution in [0.1, 0.15) is 0 Å². The molecule has 60 valence electrons. The van der Waals surface area contributed by atoms with Crippen LogP contribution in [-0.4, -0.2) is 24.1 Å². The Balaban J connectivity index is 0.000000112. The Morgan fingerprint density at radius 1 is 1.45 bits per heavy atom. The largest absolute Gasteiger partial charge is 0.364 e. The summed E-state index contributed by atoms with van der Waals surface area (Å²) in [6.45, 7) is 1.55. The zero-order chi connectivity index (χ0) is 7.94. The summed E-state index contributed by atoms with van der Waals surface area (Å²) in [5.41, 5.74) is 0. The standard InChI is InChI=1S/C3H6N2O.C3H4N2/c6-3-4-1-2-5-3;1-2-5-3-4-1/h1-2H2,(H2,4,5,6);1-2,4-5H. The quantitative estimate of drug-likeness (QED) is 0.409. The van der Waals surface area contributed by atoms with Crippen molar-refractivity contribution in [3.63, 3.8) is 0 Å². The molecule has 4 N–H and O–H groups in total. The van der Waals surface area contributed by atoms with E-state index in [2.05, 4.69) is 26.9 Å². The summed E-state index contributed by atoms with van der Waals surface area (Å²) < 4.78 is 0. The molecule has 1 aliphatic heterocycles. The van der Waals surface area contributed by atoms with Crippen LogP contribution in [0.3, 0.4) is 0 Å². The Labute approximate surface area is 64.2 Å². The predicted molar refractivity (Wildman–Crippen MR) is 37.6 cm³/mol. The molecule has 5 nitrogen and oxygen atoms in total. The fourth-order valence-corrected chi connectivity index (χ4v) is 0.623. The third-order valence-corrected chi connectivity index (χ3v) is 1.09. The molecule has 0 radical (unpaired) electrons. The number of hydrogen-bond donors (Lipinski definition) is 3. The number of aromatic amines is 2. The summed E-state index contributed by atoms with van der Waals surface area (Å²) >= 11 is 0. The molecule has 2 amide bonds. The second kappa shape index (κ2) is 4.32. The smallest absolute Gasteiger partial charge is 0.314 e. The number of rotatable bonds is 0. The van der Waals surface area contributed by atoms with Gasteiger partial charge in [0.15, 0.2) is 6.33 Å². The Morgan fingerprint density at radius 3 is 2.36 bits per heavy atom. The van der Waals surface area contributed by atoms with Gasteiger partial charge in [-0.2, -0.15) is 0 Å². The van der Waals surface area contributed by atoms with Crippen LogP contribution in [0.5, 0.6) is 0 Å². The molecule has 0 unspecified atom stereocenters. The number of aromatic nitrogens is 2. The first kappa shape index (κ1) is 7.59. The van der Waals surface area contributed by atoms with E-state index >= 15 is 0 Å². The van der Waals surface area contributed by atoms with E-state index in [0.29, 0.717) is 0 Å². The van der Waals surface area contributed by atoms with E-state index in [1.807, 2.05) is 0 Å². The van der Waals surface area contributed by atoms with Crippen molar-refractivity contribution in [3.8, 4) is 0 Å². The Kier molecular flexibility index (Phi) is 2.98. The van der Waals surface area contributed by atoms with E-state index in [0.717, 1.165) is 13.1 Å². The highest BCUT2D eigenvalue weighted by molar-refractivity contribution is 5.75. The second-order valence-corrected chi connectivity index (χ2v) is 1.93. The minimum absolute atomic E-state index is 0.0463. The molecule has 11 heavy (non-hydrogen) atoms. The summed E-state index contributed by atoms with van der Waals surface area (Å²) in [5.74, 6) is 0. The zero-order valence-electron chi connectivity index (χ0n) is 5.98. The number of nitrogens with one attached hydrogen (secondary N) is 4. The van der Waals surface area contributed by atoms with Crippen LogP contribution in [0.15, 0.2) is 12.4 Å². The van der Waals surface area contributed by atoms with Crippen molar-refractivity contribution in [2.75, 3.05) is 13.1 Å². The van der Waals surface area contributed by atoms with Crippen molar-refractivity contribution in [3.05, 3.63) is 18.7 Å². The van der Waals surface area contributed by atoms with Gasteiger partial charge in [-0.25, -0.2) is 4.79 Å². The van der Waals surface area contributed by atoms with E-state index in [1.54, 1.807) is 12.4 Å². The van der Waals surface area contributed by atoms with Gasteiger partial charge in [0.05, 0.1) is 0 Å². The lowest BCUT2D eigenvalue weighted by atomic mass is 10.7. The third-order valence-electron chi connectivity index (χ3n) is 1.09. The SMILES string of the molecule is O=C1NCCN1.[c-]1[nH]cc[nH+]1. The van der Waals surface area contributed by atoms with Crippen LogP contribution in [-0.2, 0) is 0 Å². The van der Waals surface area contributed by atoms with Gasteiger partial charge >= 0.3 is 6.03 Å². The summed E-state index contributed by atoms with van der Waals surface area (Å²) in [4.78, 5) is 15.4. The molecule has 0 saturated carbocycles. The molecule has 1 aromatic heterocycles. The molecule has 1 aromatic rings. The number of carbonyl (C=O) groups excluding carboxylic acids is 1. The maximum Gasteiger partial charge on any atom is 0.314 e. The molecular formula is C6H10N4O. The summed E-state index contributed by atoms with van der Waals surface area (Å²) in [7, 11) is 0. The topological polar surface area (TPSA) is 71.1 Å². The molecule has 2 rings (SSSR count). The van der Waals surface area contributed by atoms with Gasteiger partial charge in [-0.3, -0.25) is 0 Å². The maximum absolute atomic E-state index is 10.0. The highest BCUT2D eigenvalue weighted by atomic mass is 16.2. The lowest BCUT2D eigenvalue weighted by Crippen LogP contribution is -2.20. The van der Waals surface area contributed by atoms with Gasteiger partial charge in [0, 0.05) is 13.1 Å². The maximum atomic E-state index is 10.0. The van der Waals surface area contributed by atoms with Crippen molar-refractivity contribution in [2.45, 2.75) is 0 Å². The Hall–Kier alpha value is -1.52. The molecule has 0 bridgehead atoms. The van der Waals surface area contributed by atoms with Crippen molar-refractivity contribution < 1.29 is 9.78 Å². The number of H-pyrrole nitrogens is 2. The van der Waals surface area contributed by atoms with E-state index in [1.165, 1.54) is 0 Å². The average Bonchev–Trinajstić information content (AvgIpc) is 2.57. The predicted octanol–water partition coefficient (Wildman–Crippen LogP) is -1.07. The van der Waals surface area contributed by atoms with Crippen LogP contribution < -0.4 is 15.6 Å². The number of hydrogen-bond acceptors (Lipinski definition) is 1. The fourth-order valence-electron chi connectivity index (χ4n) is 0.623. The van der Waals surface area contributed by atoms with Gasteiger partial charge < -0.3 is 20.6 Å². The molecule has 0 aliphatic carbocycles. The van der Waals surface area contributed by atoms with Gasteiger partial charge in [-0.15, -0.1) is 0 Å². The summed E-state index contributed by atoms with van der Waals surface area (Å²) in [6.07, 6.45) is 6.14. The molecular weight excluding hydrogens is 144 g/mol. The van der Waals surface area contributed by atoms with Gasteiger partial charge in [0.25, 0.3) is 0 Å². The molecule has 1 fully saturated rings. The van der Waals surface area contributed by atoms with E-state index in [9.17, 15) is 4.79 Å². The zero-order valence-corrected chi connectivity index (χ0v) is 5.98. The van der Waals surface area contributed by atoms with Gasteiger partial charge in [-0.1, -0.05) is 0 Å². The number of imidazole rings is 1. The number of amides is 2. The first-order valence-corrected chi connectivity index (χ1v) is 3.32. The Morgan fingerprint density at radius 2 is 2.18 bits per heavy atom. The van der Waals surface area contributed by atoms with Crippen LogP contribution in [0.4, 0.5) is 4.79 Å². The van der Waals surface area contributed by atoms with E-state index in [4.69, 9.17) is 0 Å². The first-order chi connectivity index (χ1) is 5.39. The second-order valence-electron chi connectivity index (χ2n) is 1.93. The van der Waals surface area contributed by atoms with Crippen molar-refractivity contribution >= 4 is 6.03 Å². The van der Waals surface area contributed by atoms with E-state index < -0.39 is 0 Å². The van der Waals surface area contributed by atoms with Gasteiger partial charge in [0.2, 0.25) is 0 Å². The molecule has 1 aliphatic rings. The molecule has 2 heterocycles. The van der Waals surface area contributed by atoms with E-state index in [-0.39, 0.29) is 6.03 Å². The molecule has 0 atom stereocenters. The van der Waals surface area contributed by atoms with Crippen LogP contribution in [0.2, 0.25) is 0 Å². The highest BCUT2D eigenvalue weighted by Gasteiger charge is 2.02. The van der Waals surface area contributed by atoms with Gasteiger partial charge in [0.1, 0.15) is 0 Å². The molecule has 5 heteroatoms.